The Morgan fingerprint density at radius 2 is 1.68 bits per heavy atom. The molecule has 4 aromatic rings. The summed E-state index contributed by atoms with van der Waals surface area (Å²) in [5, 5.41) is 0. The van der Waals surface area contributed by atoms with Crippen molar-refractivity contribution in [2.24, 2.45) is 11.1 Å². The molecule has 0 radical (unpaired) electrons. The third-order valence-corrected chi connectivity index (χ3v) is 6.47. The molecule has 2 aromatic heterocycles. The zero-order valence-corrected chi connectivity index (χ0v) is 22.3. The highest BCUT2D eigenvalue weighted by Crippen LogP contribution is 2.39. The van der Waals surface area contributed by atoms with Crippen LogP contribution in [0, 0.1) is 12.3 Å². The number of nitrogens with two attached hydrogens (primary N) is 1. The molecule has 0 bridgehead atoms. The molecule has 2 heterocycles. The van der Waals surface area contributed by atoms with Crippen LogP contribution in [-0.2, 0) is 6.54 Å². The average Bonchev–Trinajstić information content (AvgIpc) is 3.29. The fourth-order valence-electron chi connectivity index (χ4n) is 4.66. The molecule has 1 atom stereocenters. The molecule has 192 valence electrons. The minimum Gasteiger partial charge on any atom is -0.330 e. The second-order valence-corrected chi connectivity index (χ2v) is 10.6. The summed E-state index contributed by atoms with van der Waals surface area (Å²) in [5.74, 6) is 0.830. The Balaban J connectivity index is 1.85. The Morgan fingerprint density at radius 1 is 0.973 bits per heavy atom. The zero-order valence-electron chi connectivity index (χ0n) is 22.3. The Labute approximate surface area is 220 Å². The summed E-state index contributed by atoms with van der Waals surface area (Å²) in [6, 6.07) is 23.7. The normalized spacial score (nSPS) is 12.4. The number of aromatic nitrogens is 3. The number of aryl methyl sites for hydroxylation is 1. The van der Waals surface area contributed by atoms with Gasteiger partial charge in [-0.15, -0.1) is 0 Å². The highest BCUT2D eigenvalue weighted by atomic mass is 16.2. The van der Waals surface area contributed by atoms with Gasteiger partial charge in [-0.05, 0) is 55.1 Å². The monoisotopic (exact) mass is 495 g/mol. The van der Waals surface area contributed by atoms with Crippen LogP contribution in [-0.4, -0.2) is 38.4 Å². The molecule has 2 N–H and O–H groups in total. The number of carbonyl (C=O) groups excluding carboxylic acids is 1. The van der Waals surface area contributed by atoms with Crippen molar-refractivity contribution in [1.29, 1.82) is 0 Å². The van der Waals surface area contributed by atoms with E-state index in [0.29, 0.717) is 31.6 Å². The highest BCUT2D eigenvalue weighted by molar-refractivity contribution is 5.94. The number of amides is 1. The van der Waals surface area contributed by atoms with Crippen LogP contribution in [0.1, 0.15) is 60.5 Å². The zero-order chi connectivity index (χ0) is 26.4. The standard InChI is InChI=1S/C31H37N5O/c1-23-14-16-25(17-15-23)30(37)36(20-10-18-32)28(31(2,3)4)29-34-27(26-13-8-9-19-33-26)22-35(29)21-24-11-6-5-7-12-24/h5-9,11-17,19,22,28H,10,18,20-21,32H2,1-4H3/t28-/m0/s1. The van der Waals surface area contributed by atoms with Crippen LogP contribution in [0.15, 0.2) is 85.2 Å². The Morgan fingerprint density at radius 3 is 2.30 bits per heavy atom. The summed E-state index contributed by atoms with van der Waals surface area (Å²) in [5.41, 5.74) is 10.2. The Kier molecular flexibility index (Phi) is 8.19. The molecule has 0 spiro atoms. The number of rotatable bonds is 9. The van der Waals surface area contributed by atoms with E-state index in [4.69, 9.17) is 10.7 Å². The van der Waals surface area contributed by atoms with Gasteiger partial charge in [0.05, 0.1) is 11.7 Å². The molecule has 0 unspecified atom stereocenters. The topological polar surface area (TPSA) is 77.0 Å². The largest absolute Gasteiger partial charge is 0.330 e. The Bertz CT molecular complexity index is 1290. The van der Waals surface area contributed by atoms with Crippen molar-refractivity contribution >= 4 is 5.91 Å². The van der Waals surface area contributed by atoms with Crippen LogP contribution in [0.5, 0.6) is 0 Å². The van der Waals surface area contributed by atoms with Crippen molar-refractivity contribution in [2.45, 2.75) is 46.7 Å². The van der Waals surface area contributed by atoms with Gasteiger partial charge in [-0.1, -0.05) is 74.9 Å². The van der Waals surface area contributed by atoms with Gasteiger partial charge in [0.15, 0.2) is 0 Å². The molecule has 6 nitrogen and oxygen atoms in total. The van der Waals surface area contributed by atoms with Crippen molar-refractivity contribution in [3.63, 3.8) is 0 Å². The van der Waals surface area contributed by atoms with E-state index in [1.807, 2.05) is 72.5 Å². The van der Waals surface area contributed by atoms with Crippen molar-refractivity contribution in [3.05, 3.63) is 108 Å². The molecular weight excluding hydrogens is 458 g/mol. The van der Waals surface area contributed by atoms with E-state index in [1.54, 1.807) is 6.20 Å². The van der Waals surface area contributed by atoms with Crippen molar-refractivity contribution in [3.8, 4) is 11.4 Å². The van der Waals surface area contributed by atoms with Gasteiger partial charge >= 0.3 is 0 Å². The molecule has 2 aromatic carbocycles. The number of pyridine rings is 1. The number of benzene rings is 2. The van der Waals surface area contributed by atoms with Crippen LogP contribution < -0.4 is 5.73 Å². The molecular formula is C31H37N5O. The lowest BCUT2D eigenvalue weighted by molar-refractivity contribution is 0.0482. The van der Waals surface area contributed by atoms with Crippen LogP contribution >= 0.6 is 0 Å². The van der Waals surface area contributed by atoms with Gasteiger partial charge in [-0.3, -0.25) is 9.78 Å². The summed E-state index contributed by atoms with van der Waals surface area (Å²) >= 11 is 0. The van der Waals surface area contributed by atoms with Gasteiger partial charge in [-0.25, -0.2) is 4.98 Å². The van der Waals surface area contributed by atoms with Gasteiger partial charge in [0, 0.05) is 31.0 Å². The third kappa shape index (κ3) is 6.33. The maximum Gasteiger partial charge on any atom is 0.254 e. The van der Waals surface area contributed by atoms with Crippen molar-refractivity contribution < 1.29 is 4.79 Å². The van der Waals surface area contributed by atoms with E-state index in [0.717, 1.165) is 22.8 Å². The fraction of sp³-hybridized carbons (Fsp3) is 0.323. The molecule has 0 aliphatic carbocycles. The fourth-order valence-corrected chi connectivity index (χ4v) is 4.66. The summed E-state index contributed by atoms with van der Waals surface area (Å²) in [4.78, 5) is 25.6. The predicted molar refractivity (Wildman–Crippen MR) is 149 cm³/mol. The smallest absolute Gasteiger partial charge is 0.254 e. The molecule has 1 amide bonds. The molecule has 0 aliphatic rings. The number of hydrogen-bond acceptors (Lipinski definition) is 4. The summed E-state index contributed by atoms with van der Waals surface area (Å²) in [7, 11) is 0. The van der Waals surface area contributed by atoms with E-state index >= 15 is 0 Å². The van der Waals surface area contributed by atoms with Gasteiger partial charge in [-0.2, -0.15) is 0 Å². The minimum atomic E-state index is -0.296. The summed E-state index contributed by atoms with van der Waals surface area (Å²) < 4.78 is 2.17. The lowest BCUT2D eigenvalue weighted by Crippen LogP contribution is -2.43. The first-order chi connectivity index (χ1) is 17.8. The first-order valence-electron chi connectivity index (χ1n) is 12.9. The molecule has 6 heteroatoms. The maximum atomic E-state index is 14.0. The lowest BCUT2D eigenvalue weighted by atomic mass is 9.84. The van der Waals surface area contributed by atoms with E-state index in [2.05, 4.69) is 48.7 Å². The highest BCUT2D eigenvalue weighted by Gasteiger charge is 2.38. The van der Waals surface area contributed by atoms with Gasteiger partial charge in [0.1, 0.15) is 11.5 Å². The molecule has 37 heavy (non-hydrogen) atoms. The van der Waals surface area contributed by atoms with Crippen LogP contribution in [0.25, 0.3) is 11.4 Å². The number of hydrogen-bond donors (Lipinski definition) is 1. The van der Waals surface area contributed by atoms with Gasteiger partial charge in [0.25, 0.3) is 5.91 Å². The van der Waals surface area contributed by atoms with E-state index in [1.165, 1.54) is 5.56 Å². The van der Waals surface area contributed by atoms with Crippen molar-refractivity contribution in [2.75, 3.05) is 13.1 Å². The van der Waals surface area contributed by atoms with E-state index < -0.39 is 0 Å². The van der Waals surface area contributed by atoms with Crippen molar-refractivity contribution in [1.82, 2.24) is 19.4 Å². The second-order valence-electron chi connectivity index (χ2n) is 10.6. The number of nitrogens with zero attached hydrogens (tertiary/aromatic N) is 4. The van der Waals surface area contributed by atoms with Gasteiger partial charge < -0.3 is 15.2 Å². The average molecular weight is 496 g/mol. The maximum absolute atomic E-state index is 14.0. The Hall–Kier alpha value is -3.77. The number of carbonyl (C=O) groups is 1. The molecule has 0 saturated carbocycles. The van der Waals surface area contributed by atoms with Crippen LogP contribution in [0.4, 0.5) is 0 Å². The molecule has 4 rings (SSSR count). The molecule has 0 aliphatic heterocycles. The lowest BCUT2D eigenvalue weighted by Gasteiger charge is -2.40. The number of imidazole rings is 1. The van der Waals surface area contributed by atoms with Crippen LogP contribution in [0.3, 0.4) is 0 Å². The summed E-state index contributed by atoms with van der Waals surface area (Å²) in [6.45, 7) is 10.2. The summed E-state index contributed by atoms with van der Waals surface area (Å²) in [6.07, 6.45) is 4.54. The second kappa shape index (κ2) is 11.5. The molecule has 0 fully saturated rings. The van der Waals surface area contributed by atoms with Gasteiger partial charge in [0.2, 0.25) is 0 Å². The predicted octanol–water partition coefficient (Wildman–Crippen LogP) is 5.88. The first-order valence-corrected chi connectivity index (χ1v) is 12.9. The quantitative estimate of drug-likeness (QED) is 0.315. The van der Waals surface area contributed by atoms with E-state index in [9.17, 15) is 4.79 Å². The van der Waals surface area contributed by atoms with Crippen LogP contribution in [0.2, 0.25) is 0 Å². The molecule has 0 saturated heterocycles. The minimum absolute atomic E-state index is 0.0120. The first kappa shape index (κ1) is 26.3. The van der Waals surface area contributed by atoms with E-state index in [-0.39, 0.29) is 17.4 Å². The SMILES string of the molecule is Cc1ccc(C(=O)N(CCCN)[C@@H](c2nc(-c3ccccn3)cn2Cc2ccccc2)C(C)(C)C)cc1. The third-order valence-electron chi connectivity index (χ3n) is 6.47.